The molecule has 0 saturated heterocycles. The Labute approximate surface area is 108 Å². The van der Waals surface area contributed by atoms with E-state index in [9.17, 15) is 4.79 Å². The molecule has 1 N–H and O–H groups in total. The molecule has 0 aliphatic carbocycles. The fourth-order valence-electron chi connectivity index (χ4n) is 2.47. The Morgan fingerprint density at radius 1 is 1.44 bits per heavy atom. The molecule has 1 aliphatic heterocycles. The number of carboxylic acids is 1. The molecule has 0 aromatic heterocycles. The number of benzene rings is 1. The number of hydrogen-bond donors (Lipinski definition) is 1. The van der Waals surface area contributed by atoms with Crippen LogP contribution in [0.15, 0.2) is 18.2 Å². The maximum absolute atomic E-state index is 11.0. The van der Waals surface area contributed by atoms with Crippen molar-refractivity contribution in [2.24, 2.45) is 5.92 Å². The average Bonchev–Trinajstić information content (AvgIpc) is 2.37. The van der Waals surface area contributed by atoms with Gasteiger partial charge in [-0.3, -0.25) is 4.90 Å². The van der Waals surface area contributed by atoms with E-state index >= 15 is 0 Å². The average molecular weight is 247 g/mol. The van der Waals surface area contributed by atoms with Gasteiger partial charge in [0.25, 0.3) is 0 Å². The molecule has 1 aliphatic rings. The molecule has 1 atom stereocenters. The Morgan fingerprint density at radius 3 is 2.89 bits per heavy atom. The Balaban J connectivity index is 2.12. The van der Waals surface area contributed by atoms with Crippen LogP contribution in [0.4, 0.5) is 0 Å². The van der Waals surface area contributed by atoms with Crippen molar-refractivity contribution in [2.75, 3.05) is 13.1 Å². The molecule has 0 fully saturated rings. The van der Waals surface area contributed by atoms with Gasteiger partial charge in [-0.1, -0.05) is 26.3 Å². The van der Waals surface area contributed by atoms with E-state index in [2.05, 4.69) is 18.7 Å². The minimum Gasteiger partial charge on any atom is -0.478 e. The fraction of sp³-hybridized carbons (Fsp3) is 0.533. The van der Waals surface area contributed by atoms with Gasteiger partial charge in [-0.05, 0) is 35.6 Å². The summed E-state index contributed by atoms with van der Waals surface area (Å²) in [5, 5.41) is 9.02. The van der Waals surface area contributed by atoms with E-state index in [1.54, 1.807) is 6.07 Å². The van der Waals surface area contributed by atoms with Gasteiger partial charge in [-0.15, -0.1) is 0 Å². The zero-order chi connectivity index (χ0) is 13.1. The first-order valence-corrected chi connectivity index (χ1v) is 6.67. The summed E-state index contributed by atoms with van der Waals surface area (Å²) in [5.41, 5.74) is 2.89. The topological polar surface area (TPSA) is 40.5 Å². The van der Waals surface area contributed by atoms with Crippen LogP contribution in [0.25, 0.3) is 0 Å². The third-order valence-electron chi connectivity index (χ3n) is 3.81. The van der Waals surface area contributed by atoms with E-state index in [1.807, 2.05) is 12.1 Å². The van der Waals surface area contributed by atoms with Crippen molar-refractivity contribution in [1.82, 2.24) is 4.90 Å². The zero-order valence-electron chi connectivity index (χ0n) is 11.1. The molecule has 3 heteroatoms. The predicted octanol–water partition coefficient (Wildman–Crippen LogP) is 2.79. The monoisotopic (exact) mass is 247 g/mol. The van der Waals surface area contributed by atoms with Gasteiger partial charge in [0.1, 0.15) is 0 Å². The van der Waals surface area contributed by atoms with Gasteiger partial charge in [-0.2, -0.15) is 0 Å². The number of aromatic carboxylic acids is 1. The lowest BCUT2D eigenvalue weighted by atomic mass is 9.96. The molecule has 2 rings (SSSR count). The van der Waals surface area contributed by atoms with Gasteiger partial charge in [0.2, 0.25) is 0 Å². The summed E-state index contributed by atoms with van der Waals surface area (Å²) >= 11 is 0. The van der Waals surface area contributed by atoms with E-state index < -0.39 is 5.97 Å². The number of carbonyl (C=O) groups is 1. The maximum atomic E-state index is 11.0. The fourth-order valence-corrected chi connectivity index (χ4v) is 2.47. The molecule has 0 bridgehead atoms. The van der Waals surface area contributed by atoms with Crippen molar-refractivity contribution < 1.29 is 9.90 Å². The first-order valence-electron chi connectivity index (χ1n) is 6.67. The molecule has 1 aromatic rings. The van der Waals surface area contributed by atoms with Crippen molar-refractivity contribution in [3.63, 3.8) is 0 Å². The van der Waals surface area contributed by atoms with Crippen molar-refractivity contribution >= 4 is 5.97 Å². The highest BCUT2D eigenvalue weighted by Gasteiger charge is 2.18. The number of hydrogen-bond acceptors (Lipinski definition) is 2. The van der Waals surface area contributed by atoms with Crippen LogP contribution in [0.1, 0.15) is 41.8 Å². The standard InChI is InChI=1S/C15H21NO2/c1-3-11(2)9-16-7-6-12-4-5-13(15(17)18)8-14(12)10-16/h4-5,8,11H,3,6-7,9-10H2,1-2H3,(H,17,18)/t11-/m1/s1. The van der Waals surface area contributed by atoms with Crippen LogP contribution in [0.3, 0.4) is 0 Å². The zero-order valence-corrected chi connectivity index (χ0v) is 11.1. The molecular formula is C15H21NO2. The molecule has 3 nitrogen and oxygen atoms in total. The summed E-state index contributed by atoms with van der Waals surface area (Å²) in [6.07, 6.45) is 2.23. The molecule has 0 radical (unpaired) electrons. The van der Waals surface area contributed by atoms with Gasteiger partial charge in [0.15, 0.2) is 0 Å². The number of fused-ring (bicyclic) bond motifs is 1. The molecule has 1 heterocycles. The van der Waals surface area contributed by atoms with Crippen LogP contribution >= 0.6 is 0 Å². The molecule has 98 valence electrons. The Hall–Kier alpha value is -1.35. The highest BCUT2D eigenvalue weighted by Crippen LogP contribution is 2.21. The van der Waals surface area contributed by atoms with E-state index in [1.165, 1.54) is 17.5 Å². The SMILES string of the molecule is CC[C@@H](C)CN1CCc2ccc(C(=O)O)cc2C1. The first kappa shape index (κ1) is 13.1. The minimum absolute atomic E-state index is 0.402. The highest BCUT2D eigenvalue weighted by molar-refractivity contribution is 5.87. The first-order chi connectivity index (χ1) is 8.60. The van der Waals surface area contributed by atoms with Crippen LogP contribution in [0.2, 0.25) is 0 Å². The van der Waals surface area contributed by atoms with Crippen molar-refractivity contribution in [2.45, 2.75) is 33.2 Å². The summed E-state index contributed by atoms with van der Waals surface area (Å²) in [6, 6.07) is 5.52. The third-order valence-corrected chi connectivity index (χ3v) is 3.81. The normalized spacial score (nSPS) is 17.2. The van der Waals surface area contributed by atoms with Crippen molar-refractivity contribution in [3.05, 3.63) is 34.9 Å². The number of rotatable bonds is 4. The van der Waals surface area contributed by atoms with Crippen LogP contribution in [0.5, 0.6) is 0 Å². The second-order valence-electron chi connectivity index (χ2n) is 5.29. The van der Waals surface area contributed by atoms with E-state index in [0.717, 1.165) is 26.1 Å². The van der Waals surface area contributed by atoms with Crippen LogP contribution in [0, 0.1) is 5.92 Å². The molecule has 1 aromatic carbocycles. The summed E-state index contributed by atoms with van der Waals surface area (Å²) < 4.78 is 0. The second-order valence-corrected chi connectivity index (χ2v) is 5.29. The largest absolute Gasteiger partial charge is 0.478 e. The Morgan fingerprint density at radius 2 is 2.22 bits per heavy atom. The van der Waals surface area contributed by atoms with E-state index in [-0.39, 0.29) is 0 Å². The van der Waals surface area contributed by atoms with Crippen LogP contribution in [-0.2, 0) is 13.0 Å². The van der Waals surface area contributed by atoms with Gasteiger partial charge in [-0.25, -0.2) is 4.79 Å². The van der Waals surface area contributed by atoms with Gasteiger partial charge in [0, 0.05) is 19.6 Å². The lowest BCUT2D eigenvalue weighted by molar-refractivity contribution is 0.0696. The number of carboxylic acid groups (broad SMARTS) is 1. The Kier molecular flexibility index (Phi) is 4.02. The van der Waals surface area contributed by atoms with Crippen LogP contribution in [-0.4, -0.2) is 29.1 Å². The molecular weight excluding hydrogens is 226 g/mol. The van der Waals surface area contributed by atoms with Gasteiger partial charge < -0.3 is 5.11 Å². The smallest absolute Gasteiger partial charge is 0.335 e. The Bertz CT molecular complexity index is 442. The maximum Gasteiger partial charge on any atom is 0.335 e. The summed E-state index contributed by atoms with van der Waals surface area (Å²) in [6.45, 7) is 7.56. The van der Waals surface area contributed by atoms with E-state index in [4.69, 9.17) is 5.11 Å². The predicted molar refractivity (Wildman–Crippen MR) is 71.8 cm³/mol. The van der Waals surface area contributed by atoms with Crippen LogP contribution < -0.4 is 0 Å². The van der Waals surface area contributed by atoms with Gasteiger partial charge >= 0.3 is 5.97 Å². The minimum atomic E-state index is -0.836. The van der Waals surface area contributed by atoms with E-state index in [0.29, 0.717) is 11.5 Å². The summed E-state index contributed by atoms with van der Waals surface area (Å²) in [7, 11) is 0. The second kappa shape index (κ2) is 5.53. The third kappa shape index (κ3) is 2.91. The molecule has 0 saturated carbocycles. The van der Waals surface area contributed by atoms with Gasteiger partial charge in [0.05, 0.1) is 5.56 Å². The quantitative estimate of drug-likeness (QED) is 0.889. The summed E-state index contributed by atoms with van der Waals surface area (Å²) in [4.78, 5) is 13.4. The highest BCUT2D eigenvalue weighted by atomic mass is 16.4. The molecule has 0 spiro atoms. The molecule has 18 heavy (non-hydrogen) atoms. The molecule has 0 unspecified atom stereocenters. The van der Waals surface area contributed by atoms with Crippen molar-refractivity contribution in [1.29, 1.82) is 0 Å². The number of nitrogens with zero attached hydrogens (tertiary/aromatic N) is 1. The molecule has 0 amide bonds. The van der Waals surface area contributed by atoms with Crippen molar-refractivity contribution in [3.8, 4) is 0 Å². The lowest BCUT2D eigenvalue weighted by Crippen LogP contribution is -2.34. The summed E-state index contributed by atoms with van der Waals surface area (Å²) in [5.74, 6) is -0.133. The lowest BCUT2D eigenvalue weighted by Gasteiger charge is -2.30.